The summed E-state index contributed by atoms with van der Waals surface area (Å²) in [5.74, 6) is -0.0744. The van der Waals surface area contributed by atoms with Crippen LogP contribution in [0.4, 0.5) is 0 Å². The monoisotopic (exact) mass is 398 g/mol. The molecule has 1 saturated carbocycles. The quantitative estimate of drug-likeness (QED) is 0.636. The molecule has 0 bridgehead atoms. The molecular formula is C19H15BrN2OS. The lowest BCUT2D eigenvalue weighted by atomic mass is 10.1. The Morgan fingerprint density at radius 2 is 1.92 bits per heavy atom. The second kappa shape index (κ2) is 6.15. The molecule has 5 heteroatoms. The molecule has 3 nitrogen and oxygen atoms in total. The van der Waals surface area contributed by atoms with Crippen LogP contribution in [0.15, 0.2) is 59.1 Å². The van der Waals surface area contributed by atoms with Crippen molar-refractivity contribution in [2.75, 3.05) is 0 Å². The molecule has 0 atom stereocenters. The van der Waals surface area contributed by atoms with Gasteiger partial charge >= 0.3 is 0 Å². The van der Waals surface area contributed by atoms with Crippen LogP contribution in [-0.4, -0.2) is 10.9 Å². The van der Waals surface area contributed by atoms with Gasteiger partial charge in [-0.15, -0.1) is 11.3 Å². The fraction of sp³-hybridized carbons (Fsp3) is 0.158. The number of hydrogen-bond donors (Lipinski definition) is 1. The van der Waals surface area contributed by atoms with Crippen molar-refractivity contribution in [3.8, 4) is 0 Å². The van der Waals surface area contributed by atoms with Crippen LogP contribution in [0.5, 0.6) is 0 Å². The van der Waals surface area contributed by atoms with Gasteiger partial charge in [0.1, 0.15) is 5.01 Å². The zero-order chi connectivity index (χ0) is 16.6. The maximum Gasteiger partial charge on any atom is 0.244 e. The summed E-state index contributed by atoms with van der Waals surface area (Å²) in [5, 5.41) is 3.99. The number of fused-ring (bicyclic) bond motifs is 1. The Kier molecular flexibility index (Phi) is 3.98. The van der Waals surface area contributed by atoms with Crippen LogP contribution in [-0.2, 0) is 10.3 Å². The highest BCUT2D eigenvalue weighted by Crippen LogP contribution is 2.45. The summed E-state index contributed by atoms with van der Waals surface area (Å²) >= 11 is 5.03. The Bertz CT molecular complexity index is 893. The second-order valence-electron chi connectivity index (χ2n) is 5.93. The minimum absolute atomic E-state index is 0.0744. The van der Waals surface area contributed by atoms with E-state index >= 15 is 0 Å². The van der Waals surface area contributed by atoms with Crippen molar-refractivity contribution in [1.82, 2.24) is 10.3 Å². The number of carbonyl (C=O) groups is 1. The predicted octanol–water partition coefficient (Wildman–Crippen LogP) is 4.88. The zero-order valence-electron chi connectivity index (χ0n) is 12.8. The van der Waals surface area contributed by atoms with E-state index in [9.17, 15) is 4.79 Å². The van der Waals surface area contributed by atoms with Gasteiger partial charge in [0, 0.05) is 10.5 Å². The second-order valence-corrected chi connectivity index (χ2v) is 7.91. The molecule has 1 amide bonds. The molecule has 0 radical (unpaired) electrons. The molecule has 1 aliphatic carbocycles. The van der Waals surface area contributed by atoms with E-state index in [-0.39, 0.29) is 11.4 Å². The van der Waals surface area contributed by atoms with E-state index in [1.54, 1.807) is 23.5 Å². The van der Waals surface area contributed by atoms with Crippen LogP contribution in [0.25, 0.3) is 16.3 Å². The average Bonchev–Trinajstić information content (AvgIpc) is 3.23. The normalized spacial score (nSPS) is 15.7. The lowest BCUT2D eigenvalue weighted by Crippen LogP contribution is -2.33. The molecule has 1 aromatic heterocycles. The van der Waals surface area contributed by atoms with Crippen LogP contribution < -0.4 is 5.32 Å². The van der Waals surface area contributed by atoms with Gasteiger partial charge in [0.25, 0.3) is 0 Å². The summed E-state index contributed by atoms with van der Waals surface area (Å²) in [4.78, 5) is 16.8. The number of hydrogen-bond acceptors (Lipinski definition) is 3. The molecular weight excluding hydrogens is 384 g/mol. The minimum atomic E-state index is -0.199. The molecule has 0 aliphatic heterocycles. The standard InChI is InChI=1S/C19H15BrN2OS/c20-14-7-5-13(6-8-14)19(11-12-19)22-17(23)9-10-18-21-15-3-1-2-4-16(15)24-18/h1-10H,11-12H2,(H,22,23)/b10-9+. The number of rotatable bonds is 4. The molecule has 4 rings (SSSR count). The van der Waals surface area contributed by atoms with Gasteiger partial charge in [0.2, 0.25) is 5.91 Å². The minimum Gasteiger partial charge on any atom is -0.343 e. The molecule has 2 aromatic carbocycles. The van der Waals surface area contributed by atoms with Crippen LogP contribution in [0.2, 0.25) is 0 Å². The largest absolute Gasteiger partial charge is 0.343 e. The van der Waals surface area contributed by atoms with E-state index in [0.29, 0.717) is 0 Å². The maximum atomic E-state index is 12.3. The number of carbonyl (C=O) groups excluding carboxylic acids is 1. The summed E-state index contributed by atoms with van der Waals surface area (Å²) < 4.78 is 2.18. The number of benzene rings is 2. The molecule has 1 heterocycles. The van der Waals surface area contributed by atoms with Crippen molar-refractivity contribution >= 4 is 49.5 Å². The van der Waals surface area contributed by atoms with Crippen molar-refractivity contribution < 1.29 is 4.79 Å². The van der Waals surface area contributed by atoms with E-state index in [0.717, 1.165) is 38.1 Å². The topological polar surface area (TPSA) is 42.0 Å². The van der Waals surface area contributed by atoms with Gasteiger partial charge in [0.05, 0.1) is 15.8 Å². The zero-order valence-corrected chi connectivity index (χ0v) is 15.2. The van der Waals surface area contributed by atoms with E-state index in [1.807, 2.05) is 36.4 Å². The number of para-hydroxylation sites is 1. The summed E-state index contributed by atoms with van der Waals surface area (Å²) in [6.07, 6.45) is 5.33. The summed E-state index contributed by atoms with van der Waals surface area (Å²) in [5.41, 5.74) is 1.93. The van der Waals surface area contributed by atoms with Crippen LogP contribution in [0.3, 0.4) is 0 Å². The van der Waals surface area contributed by atoms with Crippen molar-refractivity contribution in [3.05, 3.63) is 69.7 Å². The van der Waals surface area contributed by atoms with Gasteiger partial charge < -0.3 is 5.32 Å². The molecule has 24 heavy (non-hydrogen) atoms. The van der Waals surface area contributed by atoms with E-state index in [1.165, 1.54) is 0 Å². The van der Waals surface area contributed by atoms with Gasteiger partial charge in [-0.25, -0.2) is 4.98 Å². The fourth-order valence-electron chi connectivity index (χ4n) is 2.77. The van der Waals surface area contributed by atoms with E-state index < -0.39 is 0 Å². The SMILES string of the molecule is O=C(/C=C/c1nc2ccccc2s1)NC1(c2ccc(Br)cc2)CC1. The van der Waals surface area contributed by atoms with Crippen LogP contribution in [0, 0.1) is 0 Å². The third-order valence-electron chi connectivity index (χ3n) is 4.20. The van der Waals surface area contributed by atoms with Gasteiger partial charge in [-0.1, -0.05) is 40.2 Å². The Morgan fingerprint density at radius 3 is 2.62 bits per heavy atom. The first kappa shape index (κ1) is 15.5. The average molecular weight is 399 g/mol. The smallest absolute Gasteiger partial charge is 0.244 e. The first-order valence-corrected chi connectivity index (χ1v) is 9.37. The molecule has 0 saturated heterocycles. The summed E-state index contributed by atoms with van der Waals surface area (Å²) in [6.45, 7) is 0. The van der Waals surface area contributed by atoms with Crippen molar-refractivity contribution in [3.63, 3.8) is 0 Å². The Hall–Kier alpha value is -1.98. The lowest BCUT2D eigenvalue weighted by Gasteiger charge is -2.16. The number of halogens is 1. The van der Waals surface area contributed by atoms with Crippen LogP contribution in [0.1, 0.15) is 23.4 Å². The highest BCUT2D eigenvalue weighted by molar-refractivity contribution is 9.10. The molecule has 3 aromatic rings. The highest BCUT2D eigenvalue weighted by Gasteiger charge is 2.45. The lowest BCUT2D eigenvalue weighted by molar-refractivity contribution is -0.117. The number of nitrogens with zero attached hydrogens (tertiary/aromatic N) is 1. The Morgan fingerprint density at radius 1 is 1.17 bits per heavy atom. The fourth-order valence-corrected chi connectivity index (χ4v) is 3.90. The molecule has 1 fully saturated rings. The number of amides is 1. The van der Waals surface area contributed by atoms with Gasteiger partial charge in [-0.05, 0) is 48.7 Å². The molecule has 0 unspecified atom stereocenters. The van der Waals surface area contributed by atoms with Crippen molar-refractivity contribution in [1.29, 1.82) is 0 Å². The van der Waals surface area contributed by atoms with Gasteiger partial charge in [-0.2, -0.15) is 0 Å². The number of nitrogens with one attached hydrogen (secondary N) is 1. The third-order valence-corrected chi connectivity index (χ3v) is 5.73. The van der Waals surface area contributed by atoms with Gasteiger partial charge in [-0.3, -0.25) is 4.79 Å². The molecule has 1 N–H and O–H groups in total. The Balaban J connectivity index is 1.47. The first-order chi connectivity index (χ1) is 11.6. The van der Waals surface area contributed by atoms with Crippen LogP contribution >= 0.6 is 27.3 Å². The summed E-state index contributed by atoms with van der Waals surface area (Å²) in [7, 11) is 0. The predicted molar refractivity (Wildman–Crippen MR) is 102 cm³/mol. The van der Waals surface area contributed by atoms with Crippen molar-refractivity contribution in [2.24, 2.45) is 0 Å². The summed E-state index contributed by atoms with van der Waals surface area (Å²) in [6, 6.07) is 16.1. The Labute approximate surface area is 152 Å². The van der Waals surface area contributed by atoms with Gasteiger partial charge in [0.15, 0.2) is 0 Å². The van der Waals surface area contributed by atoms with E-state index in [4.69, 9.17) is 0 Å². The molecule has 0 spiro atoms. The van der Waals surface area contributed by atoms with E-state index in [2.05, 4.69) is 38.4 Å². The molecule has 1 aliphatic rings. The van der Waals surface area contributed by atoms with Crippen molar-refractivity contribution in [2.45, 2.75) is 18.4 Å². The highest BCUT2D eigenvalue weighted by atomic mass is 79.9. The first-order valence-electron chi connectivity index (χ1n) is 7.77. The molecule has 120 valence electrons. The number of thiazole rings is 1. The maximum absolute atomic E-state index is 12.3. The third kappa shape index (κ3) is 3.14. The number of aromatic nitrogens is 1.